The molecule has 0 saturated heterocycles. The lowest BCUT2D eigenvalue weighted by molar-refractivity contribution is -0.118. The van der Waals surface area contributed by atoms with Gasteiger partial charge in [-0.3, -0.25) is 4.79 Å². The number of nitrogens with two attached hydrogens (primary N) is 1. The molecule has 3 N–H and O–H groups in total. The molecule has 0 heterocycles. The van der Waals surface area contributed by atoms with Gasteiger partial charge in [0.15, 0.2) is 0 Å². The van der Waals surface area contributed by atoms with Crippen LogP contribution in [-0.2, 0) is 4.79 Å². The van der Waals surface area contributed by atoms with E-state index in [1.54, 1.807) is 42.5 Å². The molecule has 0 fully saturated rings. The SMILES string of the molecule is NC(=O)C(Nc1ccc(Cl)cc1)c1cccc(Cl)c1Cl. The molecule has 0 radical (unpaired) electrons. The summed E-state index contributed by atoms with van der Waals surface area (Å²) >= 11 is 17.9. The molecule has 0 aromatic heterocycles. The zero-order valence-corrected chi connectivity index (χ0v) is 12.5. The van der Waals surface area contributed by atoms with Gasteiger partial charge >= 0.3 is 0 Å². The molecule has 0 aliphatic carbocycles. The number of halogens is 3. The Morgan fingerprint density at radius 2 is 1.70 bits per heavy atom. The first-order valence-electron chi connectivity index (χ1n) is 5.74. The van der Waals surface area contributed by atoms with Crippen molar-refractivity contribution in [2.45, 2.75) is 6.04 Å². The van der Waals surface area contributed by atoms with Crippen molar-refractivity contribution < 1.29 is 4.79 Å². The molecule has 2 rings (SSSR count). The Morgan fingerprint density at radius 1 is 1.05 bits per heavy atom. The van der Waals surface area contributed by atoms with Crippen LogP contribution in [0.1, 0.15) is 11.6 Å². The molecule has 0 aliphatic rings. The lowest BCUT2D eigenvalue weighted by atomic mass is 10.1. The minimum absolute atomic E-state index is 0.305. The standard InChI is InChI=1S/C14H11Cl3N2O/c15-8-4-6-9(7-5-8)19-13(14(18)20)10-2-1-3-11(16)12(10)17/h1-7,13,19H,(H2,18,20). The number of hydrogen-bond acceptors (Lipinski definition) is 2. The minimum Gasteiger partial charge on any atom is -0.370 e. The highest BCUT2D eigenvalue weighted by Gasteiger charge is 2.21. The van der Waals surface area contributed by atoms with Gasteiger partial charge in [0.1, 0.15) is 6.04 Å². The number of rotatable bonds is 4. The molecule has 104 valence electrons. The second kappa shape index (κ2) is 6.35. The first-order valence-corrected chi connectivity index (χ1v) is 6.88. The molecule has 0 saturated carbocycles. The maximum Gasteiger partial charge on any atom is 0.244 e. The minimum atomic E-state index is -0.776. The quantitative estimate of drug-likeness (QED) is 0.879. The predicted molar refractivity (Wildman–Crippen MR) is 83.5 cm³/mol. The fourth-order valence-corrected chi connectivity index (χ4v) is 2.30. The number of carbonyl (C=O) groups excluding carboxylic acids is 1. The molecular weight excluding hydrogens is 319 g/mol. The third kappa shape index (κ3) is 3.37. The average Bonchev–Trinajstić information content (AvgIpc) is 2.41. The molecule has 1 atom stereocenters. The highest BCUT2D eigenvalue weighted by Crippen LogP contribution is 2.31. The first-order chi connectivity index (χ1) is 9.49. The van der Waals surface area contributed by atoms with Gasteiger partial charge in [0, 0.05) is 16.3 Å². The van der Waals surface area contributed by atoms with Crippen LogP contribution in [0.2, 0.25) is 15.1 Å². The Bertz CT molecular complexity index is 629. The monoisotopic (exact) mass is 328 g/mol. The molecule has 6 heteroatoms. The molecule has 0 bridgehead atoms. The van der Waals surface area contributed by atoms with Gasteiger partial charge in [-0.05, 0) is 30.3 Å². The summed E-state index contributed by atoms with van der Waals surface area (Å²) in [4.78, 5) is 11.7. The van der Waals surface area contributed by atoms with E-state index in [2.05, 4.69) is 5.32 Å². The highest BCUT2D eigenvalue weighted by molar-refractivity contribution is 6.42. The van der Waals surface area contributed by atoms with Gasteiger partial charge in [-0.15, -0.1) is 0 Å². The maximum atomic E-state index is 11.7. The smallest absolute Gasteiger partial charge is 0.244 e. The van der Waals surface area contributed by atoms with Crippen molar-refractivity contribution in [1.29, 1.82) is 0 Å². The Hall–Kier alpha value is -1.42. The third-order valence-electron chi connectivity index (χ3n) is 2.73. The zero-order valence-electron chi connectivity index (χ0n) is 10.2. The van der Waals surface area contributed by atoms with Gasteiger partial charge in [0.25, 0.3) is 0 Å². The summed E-state index contributed by atoms with van der Waals surface area (Å²) in [5, 5.41) is 4.29. The van der Waals surface area contributed by atoms with E-state index in [1.807, 2.05) is 0 Å². The Labute approximate surface area is 131 Å². The maximum absolute atomic E-state index is 11.7. The van der Waals surface area contributed by atoms with E-state index in [0.29, 0.717) is 26.3 Å². The van der Waals surface area contributed by atoms with Gasteiger partial charge in [0.05, 0.1) is 10.0 Å². The van der Waals surface area contributed by atoms with Gasteiger partial charge in [-0.1, -0.05) is 46.9 Å². The van der Waals surface area contributed by atoms with E-state index in [1.165, 1.54) is 0 Å². The van der Waals surface area contributed by atoms with Crippen LogP contribution in [0.4, 0.5) is 5.69 Å². The van der Waals surface area contributed by atoms with Crippen molar-refractivity contribution in [2.24, 2.45) is 5.73 Å². The number of amides is 1. The van der Waals surface area contributed by atoms with Crippen molar-refractivity contribution >= 4 is 46.4 Å². The number of anilines is 1. The van der Waals surface area contributed by atoms with Crippen molar-refractivity contribution in [3.05, 3.63) is 63.1 Å². The summed E-state index contributed by atoms with van der Waals surface area (Å²) in [5.74, 6) is -0.552. The van der Waals surface area contributed by atoms with Crippen molar-refractivity contribution in [2.75, 3.05) is 5.32 Å². The van der Waals surface area contributed by atoms with Crippen LogP contribution < -0.4 is 11.1 Å². The van der Waals surface area contributed by atoms with Crippen molar-refractivity contribution in [3.8, 4) is 0 Å². The molecule has 2 aromatic carbocycles. The summed E-state index contributed by atoms with van der Waals surface area (Å²) in [5.41, 5.74) is 6.67. The van der Waals surface area contributed by atoms with Crippen LogP contribution in [0.5, 0.6) is 0 Å². The van der Waals surface area contributed by atoms with E-state index in [-0.39, 0.29) is 0 Å². The summed E-state index contributed by atoms with van der Waals surface area (Å²) in [6, 6.07) is 11.2. The van der Waals surface area contributed by atoms with Gasteiger partial charge in [0.2, 0.25) is 5.91 Å². The summed E-state index contributed by atoms with van der Waals surface area (Å²) in [6.07, 6.45) is 0. The van der Waals surface area contributed by atoms with Crippen LogP contribution in [-0.4, -0.2) is 5.91 Å². The molecule has 1 amide bonds. The number of benzene rings is 2. The van der Waals surface area contributed by atoms with Crippen LogP contribution in [0.25, 0.3) is 0 Å². The van der Waals surface area contributed by atoms with Crippen LogP contribution in [0.15, 0.2) is 42.5 Å². The summed E-state index contributed by atoms with van der Waals surface area (Å²) in [6.45, 7) is 0. The van der Waals surface area contributed by atoms with Crippen LogP contribution in [0, 0.1) is 0 Å². The molecule has 20 heavy (non-hydrogen) atoms. The predicted octanol–water partition coefficient (Wildman–Crippen LogP) is 4.29. The fourth-order valence-electron chi connectivity index (χ4n) is 1.76. The Morgan fingerprint density at radius 3 is 2.30 bits per heavy atom. The Balaban J connectivity index is 2.34. The van der Waals surface area contributed by atoms with Gasteiger partial charge < -0.3 is 11.1 Å². The van der Waals surface area contributed by atoms with Gasteiger partial charge in [-0.2, -0.15) is 0 Å². The van der Waals surface area contributed by atoms with E-state index >= 15 is 0 Å². The number of primary amides is 1. The van der Waals surface area contributed by atoms with Crippen LogP contribution >= 0.6 is 34.8 Å². The lowest BCUT2D eigenvalue weighted by Crippen LogP contribution is -2.28. The molecule has 2 aromatic rings. The van der Waals surface area contributed by atoms with Crippen LogP contribution in [0.3, 0.4) is 0 Å². The highest BCUT2D eigenvalue weighted by atomic mass is 35.5. The molecule has 1 unspecified atom stereocenters. The molecule has 0 aliphatic heterocycles. The topological polar surface area (TPSA) is 55.1 Å². The zero-order chi connectivity index (χ0) is 14.7. The fraction of sp³-hybridized carbons (Fsp3) is 0.0714. The van der Waals surface area contributed by atoms with E-state index in [9.17, 15) is 4.79 Å². The number of nitrogens with one attached hydrogen (secondary N) is 1. The van der Waals surface area contributed by atoms with Crippen molar-refractivity contribution in [1.82, 2.24) is 0 Å². The van der Waals surface area contributed by atoms with Gasteiger partial charge in [-0.25, -0.2) is 0 Å². The van der Waals surface area contributed by atoms with E-state index < -0.39 is 11.9 Å². The van der Waals surface area contributed by atoms with E-state index in [0.717, 1.165) is 0 Å². The summed E-state index contributed by atoms with van der Waals surface area (Å²) in [7, 11) is 0. The Kier molecular flexibility index (Phi) is 4.76. The molecule has 0 spiro atoms. The van der Waals surface area contributed by atoms with E-state index in [4.69, 9.17) is 40.5 Å². The third-order valence-corrected chi connectivity index (χ3v) is 3.82. The number of carbonyl (C=O) groups is 1. The molecule has 3 nitrogen and oxygen atoms in total. The first kappa shape index (κ1) is 15.0. The normalized spacial score (nSPS) is 11.9. The number of hydrogen-bond donors (Lipinski definition) is 2. The van der Waals surface area contributed by atoms with Crippen molar-refractivity contribution in [3.63, 3.8) is 0 Å². The largest absolute Gasteiger partial charge is 0.370 e. The summed E-state index contributed by atoms with van der Waals surface area (Å²) < 4.78 is 0. The second-order valence-electron chi connectivity index (χ2n) is 4.13. The average molecular weight is 330 g/mol. The second-order valence-corrected chi connectivity index (χ2v) is 5.35. The molecular formula is C14H11Cl3N2O. The lowest BCUT2D eigenvalue weighted by Gasteiger charge is -2.18.